The van der Waals surface area contributed by atoms with Gasteiger partial charge in [0.2, 0.25) is 0 Å². The van der Waals surface area contributed by atoms with E-state index in [4.69, 9.17) is 59.9 Å². The number of carboxylic acid groups (broad SMARTS) is 1. The summed E-state index contributed by atoms with van der Waals surface area (Å²) in [5.74, 6) is -0.922. The van der Waals surface area contributed by atoms with Gasteiger partial charge >= 0.3 is 5.97 Å². The van der Waals surface area contributed by atoms with Crippen molar-refractivity contribution in [1.29, 1.82) is 0 Å². The molecule has 0 bridgehead atoms. The molecule has 1 unspecified atom stereocenters. The molecule has 1 N–H and O–H groups in total. The Bertz CT molecular complexity index is 2560. The molecule has 23 nitrogen and oxygen atoms in total. The zero-order chi connectivity index (χ0) is 61.1. The van der Waals surface area contributed by atoms with Crippen molar-refractivity contribution in [1.82, 2.24) is 0 Å². The molecule has 478 valence electrons. The van der Waals surface area contributed by atoms with Gasteiger partial charge in [0.1, 0.15) is 37.0 Å². The van der Waals surface area contributed by atoms with Crippen LogP contribution >= 0.6 is 21.1 Å². The standard InChI is InChI=1S/C58H91IN2O21S2/c1-57(2,3)51-44-47(10-7-11-55-58(4,17-8-12-56(62)63)52-46-49(84(67,68)69)14-16-53(52)61(55)18-9-43-83(64,65)66)59-82-54-45-48(13-15-50(51)54)60(19-21-72-27-29-76-35-37-80-41-39-78-33-31-74-25-23-70-5)20-22-73-28-30-77-36-38-81-42-40-79-34-32-75-26-24-71-6/h7,10-11,13-16,44-46H,8-9,12,17-43H2,1-6H3,(H,62,63)(H,64,65,66)(H,67,68,69)/p-2/b10-7+,55-11+. The van der Waals surface area contributed by atoms with Gasteiger partial charge in [-0.2, -0.15) is 0 Å². The Hall–Kier alpha value is -3.53. The molecule has 2 aliphatic rings. The number of hydrogen-bond acceptors (Lipinski definition) is 22. The van der Waals surface area contributed by atoms with Crippen molar-refractivity contribution in [2.24, 2.45) is 5.41 Å². The summed E-state index contributed by atoms with van der Waals surface area (Å²) >= 11 is -1.11. The fourth-order valence-electron chi connectivity index (χ4n) is 8.89. The Morgan fingerprint density at radius 3 is 1.60 bits per heavy atom. The van der Waals surface area contributed by atoms with Gasteiger partial charge in [0, 0.05) is 83.7 Å². The summed E-state index contributed by atoms with van der Waals surface area (Å²) in [6.07, 6.45) is 8.03. The van der Waals surface area contributed by atoms with E-state index in [-0.39, 0.29) is 37.6 Å². The zero-order valence-electron chi connectivity index (χ0n) is 49.7. The molecule has 0 saturated heterocycles. The molecule has 2 aliphatic heterocycles. The maximum Gasteiger partial charge on any atom is 0.303 e. The minimum absolute atomic E-state index is 0.0418. The Labute approximate surface area is 507 Å². The highest BCUT2D eigenvalue weighted by Gasteiger charge is 2.43. The Kier molecular flexibility index (Phi) is 34.8. The predicted octanol–water partition coefficient (Wildman–Crippen LogP) is 6.14. The summed E-state index contributed by atoms with van der Waals surface area (Å²) in [4.78, 5) is 15.3. The number of carbonyl (C=O) groups is 1. The van der Waals surface area contributed by atoms with Crippen molar-refractivity contribution in [2.45, 2.75) is 63.7 Å². The third kappa shape index (κ3) is 28.1. The van der Waals surface area contributed by atoms with Crippen LogP contribution in [0, 0.1) is 5.41 Å². The maximum atomic E-state index is 12.3. The molecule has 4 rings (SSSR count). The van der Waals surface area contributed by atoms with Crippen LogP contribution in [0.5, 0.6) is 5.75 Å². The van der Waals surface area contributed by atoms with Crippen molar-refractivity contribution in [2.75, 3.05) is 195 Å². The van der Waals surface area contributed by atoms with E-state index in [1.807, 2.05) is 36.1 Å². The highest BCUT2D eigenvalue weighted by atomic mass is 127. The number of methoxy groups -OCH3 is 2. The van der Waals surface area contributed by atoms with E-state index in [1.165, 1.54) is 18.2 Å². The lowest BCUT2D eigenvalue weighted by molar-refractivity contribution is -0.137. The fraction of sp³-hybridized carbons (Fsp3) is 0.655. The zero-order valence-corrected chi connectivity index (χ0v) is 53.5. The topological polar surface area (TPSA) is 278 Å². The molecule has 0 aromatic heterocycles. The fourth-order valence-corrected chi connectivity index (χ4v) is 11.5. The number of hydrogen-bond donors (Lipinski definition) is 1. The Morgan fingerprint density at radius 2 is 1.15 bits per heavy atom. The van der Waals surface area contributed by atoms with E-state index in [2.05, 4.69) is 43.9 Å². The number of ether oxygens (including phenoxy) is 12. The number of rotatable bonds is 48. The monoisotopic (exact) mass is 1340 g/mol. The number of halogens is 1. The third-order valence-electron chi connectivity index (χ3n) is 13.1. The van der Waals surface area contributed by atoms with Crippen molar-refractivity contribution in [3.8, 4) is 5.75 Å². The van der Waals surface area contributed by atoms with Gasteiger partial charge in [-0.1, -0.05) is 26.8 Å². The summed E-state index contributed by atoms with van der Waals surface area (Å²) in [6.45, 7) is 19.5. The minimum atomic E-state index is -4.87. The largest absolute Gasteiger partial charge is 0.748 e. The number of benzene rings is 2. The van der Waals surface area contributed by atoms with E-state index < -0.39 is 63.4 Å². The van der Waals surface area contributed by atoms with E-state index in [9.17, 15) is 35.8 Å². The van der Waals surface area contributed by atoms with Gasteiger partial charge in [-0.25, -0.2) is 16.8 Å². The van der Waals surface area contributed by atoms with Crippen LogP contribution in [0.2, 0.25) is 0 Å². The lowest BCUT2D eigenvalue weighted by atomic mass is 9.77. The quantitative estimate of drug-likeness (QED) is 0.0442. The number of anilines is 2. The number of allylic oxidation sites excluding steroid dienone is 6. The van der Waals surface area contributed by atoms with Crippen molar-refractivity contribution in [3.63, 3.8) is 0 Å². The third-order valence-corrected chi connectivity index (χ3v) is 16.6. The van der Waals surface area contributed by atoms with E-state index in [0.717, 1.165) is 26.1 Å². The SMILES string of the molecule is COCCOCCOCCOCCOCCOCCN(CCOCCOCCOCCOCCOCCOC)c1ccc2c(c1)OI=C(/C=C/C=C1/N(CCCS(=O)(=O)[O-])c3ccc(S(=O)(=O)[O-])cc3C1(C)CCCC(=O)O)C=C2C(C)(C)C. The molecule has 0 saturated carbocycles. The number of fused-ring (bicyclic) bond motifs is 2. The normalized spacial score (nSPS) is 16.1. The molecule has 0 aliphatic carbocycles. The van der Waals surface area contributed by atoms with Crippen molar-refractivity contribution >= 4 is 67.8 Å². The van der Waals surface area contributed by atoms with Crippen LogP contribution in [0.25, 0.3) is 5.57 Å². The van der Waals surface area contributed by atoms with Crippen LogP contribution in [0.15, 0.2) is 71.3 Å². The molecule has 0 radical (unpaired) electrons. The smallest absolute Gasteiger partial charge is 0.303 e. The molecular formula is C58H89IN2O21S2-2. The maximum absolute atomic E-state index is 12.3. The second kappa shape index (κ2) is 40.1. The molecule has 0 amide bonds. The molecule has 0 fully saturated rings. The molecule has 0 spiro atoms. The van der Waals surface area contributed by atoms with E-state index in [0.29, 0.717) is 175 Å². The summed E-state index contributed by atoms with van der Waals surface area (Å²) < 4.78 is 146. The molecule has 26 heteroatoms. The average molecular weight is 1340 g/mol. The van der Waals surface area contributed by atoms with Gasteiger partial charge in [0.25, 0.3) is 0 Å². The van der Waals surface area contributed by atoms with Crippen LogP contribution in [0.1, 0.15) is 64.5 Å². The summed E-state index contributed by atoms with van der Waals surface area (Å²) in [7, 11) is -6.17. The first-order valence-electron chi connectivity index (χ1n) is 28.3. The highest BCUT2D eigenvalue weighted by Crippen LogP contribution is 2.51. The van der Waals surface area contributed by atoms with Crippen molar-refractivity contribution < 1.29 is 95.8 Å². The number of aliphatic carboxylic acids is 1. The first-order chi connectivity index (χ1) is 40.3. The average Bonchev–Trinajstić information content (AvgIpc) is 2.17. The molecular weight excluding hydrogens is 1250 g/mol. The molecule has 2 aromatic rings. The van der Waals surface area contributed by atoms with Crippen LogP contribution in [0.4, 0.5) is 11.4 Å². The lowest BCUT2D eigenvalue weighted by Gasteiger charge is -2.30. The second-order valence-electron chi connectivity index (χ2n) is 20.5. The second-order valence-corrected chi connectivity index (χ2v) is 25.5. The van der Waals surface area contributed by atoms with E-state index in [1.54, 1.807) is 14.2 Å². The molecule has 2 aromatic carbocycles. The minimum Gasteiger partial charge on any atom is -0.748 e. The van der Waals surface area contributed by atoms with Crippen LogP contribution in [-0.4, -0.2) is 225 Å². The van der Waals surface area contributed by atoms with Gasteiger partial charge in [-0.3, -0.25) is 4.79 Å². The lowest BCUT2D eigenvalue weighted by Crippen LogP contribution is -2.31. The predicted molar refractivity (Wildman–Crippen MR) is 325 cm³/mol. The first-order valence-corrected chi connectivity index (χ1v) is 33.2. The Balaban J connectivity index is 1.46. The number of nitrogens with zero attached hydrogens (tertiary/aromatic N) is 2. The Morgan fingerprint density at radius 1 is 0.679 bits per heavy atom. The molecule has 84 heavy (non-hydrogen) atoms. The van der Waals surface area contributed by atoms with Crippen LogP contribution in [-0.2, 0) is 87.3 Å². The first kappa shape index (κ1) is 72.9. The van der Waals surface area contributed by atoms with E-state index >= 15 is 0 Å². The van der Waals surface area contributed by atoms with Crippen LogP contribution in [0.3, 0.4) is 0 Å². The van der Waals surface area contributed by atoms with Gasteiger partial charge in [-0.15, -0.1) is 0 Å². The van der Waals surface area contributed by atoms with Crippen LogP contribution < -0.4 is 12.9 Å². The summed E-state index contributed by atoms with van der Waals surface area (Å²) in [6, 6.07) is 10.2. The number of carboxylic acids is 1. The van der Waals surface area contributed by atoms with Crippen molar-refractivity contribution in [3.05, 3.63) is 77.5 Å². The summed E-state index contributed by atoms with van der Waals surface area (Å²) in [5, 5.41) is 9.57. The van der Waals surface area contributed by atoms with Gasteiger partial charge in [-0.05, 0) is 91.3 Å². The molecule has 1 atom stereocenters. The van der Waals surface area contributed by atoms with Gasteiger partial charge < -0.3 is 83.9 Å². The van der Waals surface area contributed by atoms with Gasteiger partial charge in [0.15, 0.2) is 0 Å². The molecule has 2 heterocycles. The highest BCUT2D eigenvalue weighted by molar-refractivity contribution is 14.2. The van der Waals surface area contributed by atoms with Gasteiger partial charge in [0.05, 0.1) is 160 Å². The summed E-state index contributed by atoms with van der Waals surface area (Å²) in [5.41, 5.74) is 3.18.